The van der Waals surface area contributed by atoms with Crippen molar-refractivity contribution in [2.24, 2.45) is 5.73 Å². The second-order valence-corrected chi connectivity index (χ2v) is 6.81. The molecule has 1 aromatic rings. The molecule has 1 saturated heterocycles. The second kappa shape index (κ2) is 10.00. The Balaban J connectivity index is 0.00000312. The molecule has 25 heavy (non-hydrogen) atoms. The third kappa shape index (κ3) is 6.17. The molecule has 1 amide bonds. The maximum atomic E-state index is 12.5. The molecule has 0 aliphatic carbocycles. The lowest BCUT2D eigenvalue weighted by molar-refractivity contribution is -0.138. The Hall–Kier alpha value is -1.30. The zero-order valence-corrected chi connectivity index (χ0v) is 16.5. The molecule has 0 aromatic heterocycles. The first-order chi connectivity index (χ1) is 11.5. The highest BCUT2D eigenvalue weighted by atomic mass is 35.5. The van der Waals surface area contributed by atoms with Gasteiger partial charge in [0, 0.05) is 32.7 Å². The zero-order valence-electron chi connectivity index (χ0n) is 15.7. The molecule has 1 aromatic carbocycles. The minimum Gasteiger partial charge on any atom is -0.494 e. The van der Waals surface area contributed by atoms with Gasteiger partial charge in [0.15, 0.2) is 0 Å². The van der Waals surface area contributed by atoms with Gasteiger partial charge in [0.05, 0.1) is 12.1 Å². The van der Waals surface area contributed by atoms with Crippen molar-refractivity contribution >= 4 is 18.3 Å². The monoisotopic (exact) mass is 369 g/mol. The number of rotatable bonds is 7. The lowest BCUT2D eigenvalue weighted by atomic mass is 9.95. The smallest absolute Gasteiger partial charge is 0.242 e. The highest BCUT2D eigenvalue weighted by Gasteiger charge is 2.33. The summed E-state index contributed by atoms with van der Waals surface area (Å²) in [5.41, 5.74) is 6.72. The summed E-state index contributed by atoms with van der Waals surface area (Å²) in [6.07, 6.45) is 1.66. The summed E-state index contributed by atoms with van der Waals surface area (Å²) < 4.78 is 5.47. The topological polar surface area (TPSA) is 58.8 Å². The molecule has 0 bridgehead atoms. The molecule has 5 nitrogen and oxygen atoms in total. The van der Waals surface area contributed by atoms with Gasteiger partial charge in [-0.3, -0.25) is 9.69 Å². The maximum absolute atomic E-state index is 12.5. The fraction of sp³-hybridized carbons (Fsp3) is 0.632. The summed E-state index contributed by atoms with van der Waals surface area (Å²) in [5, 5.41) is 0. The highest BCUT2D eigenvalue weighted by Crippen LogP contribution is 2.17. The standard InChI is InChI=1S/C19H31N3O2.ClH/c1-4-10-19(3,20)18(23)22-13-11-21(12-14-22)15-16-6-8-17(9-7-16)24-5-2;/h6-9H,4-5,10-15,20H2,1-3H3;1H. The summed E-state index contributed by atoms with van der Waals surface area (Å²) in [6, 6.07) is 8.26. The van der Waals surface area contributed by atoms with Gasteiger partial charge in [-0.15, -0.1) is 12.4 Å². The van der Waals surface area contributed by atoms with Crippen molar-refractivity contribution in [2.75, 3.05) is 32.8 Å². The summed E-state index contributed by atoms with van der Waals surface area (Å²) in [7, 11) is 0. The number of amides is 1. The van der Waals surface area contributed by atoms with Gasteiger partial charge < -0.3 is 15.4 Å². The second-order valence-electron chi connectivity index (χ2n) is 6.81. The van der Waals surface area contributed by atoms with Crippen LogP contribution in [-0.4, -0.2) is 54.0 Å². The predicted molar refractivity (Wildman–Crippen MR) is 104 cm³/mol. The first-order valence-electron chi connectivity index (χ1n) is 8.98. The van der Waals surface area contributed by atoms with Crippen LogP contribution >= 0.6 is 12.4 Å². The fourth-order valence-corrected chi connectivity index (χ4v) is 3.21. The lowest BCUT2D eigenvalue weighted by Gasteiger charge is -2.38. The Morgan fingerprint density at radius 2 is 1.76 bits per heavy atom. The van der Waals surface area contributed by atoms with E-state index in [9.17, 15) is 4.79 Å². The molecule has 0 radical (unpaired) electrons. The number of nitrogens with zero attached hydrogens (tertiary/aromatic N) is 2. The number of halogens is 1. The Bertz CT molecular complexity index is 526. The predicted octanol–water partition coefficient (Wildman–Crippen LogP) is 2.67. The number of hydrogen-bond acceptors (Lipinski definition) is 4. The molecule has 2 N–H and O–H groups in total. The van der Waals surface area contributed by atoms with Crippen molar-refractivity contribution in [1.29, 1.82) is 0 Å². The Labute approximate surface area is 157 Å². The van der Waals surface area contributed by atoms with Crippen LogP contribution in [0.2, 0.25) is 0 Å². The molecule has 1 fully saturated rings. The van der Waals surface area contributed by atoms with Crippen molar-refractivity contribution < 1.29 is 9.53 Å². The Kier molecular flexibility index (Phi) is 8.69. The Morgan fingerprint density at radius 1 is 1.16 bits per heavy atom. The fourth-order valence-electron chi connectivity index (χ4n) is 3.21. The number of hydrogen-bond donors (Lipinski definition) is 1. The number of piperazine rings is 1. The van der Waals surface area contributed by atoms with Crippen molar-refractivity contribution in [3.05, 3.63) is 29.8 Å². The molecule has 6 heteroatoms. The van der Waals surface area contributed by atoms with Crippen LogP contribution in [0.4, 0.5) is 0 Å². The molecule has 142 valence electrons. The normalized spacial score (nSPS) is 17.5. The number of benzene rings is 1. The van der Waals surface area contributed by atoms with Crippen molar-refractivity contribution in [1.82, 2.24) is 9.80 Å². The molecular formula is C19H32ClN3O2. The van der Waals surface area contributed by atoms with Crippen LogP contribution < -0.4 is 10.5 Å². The quantitative estimate of drug-likeness (QED) is 0.802. The third-order valence-corrected chi connectivity index (χ3v) is 4.56. The van der Waals surface area contributed by atoms with Crippen LogP contribution in [0, 0.1) is 0 Å². The highest BCUT2D eigenvalue weighted by molar-refractivity contribution is 5.86. The van der Waals surface area contributed by atoms with Crippen LogP contribution in [0.15, 0.2) is 24.3 Å². The van der Waals surface area contributed by atoms with Crippen LogP contribution in [0.1, 0.15) is 39.2 Å². The van der Waals surface area contributed by atoms with Crippen molar-refractivity contribution in [3.63, 3.8) is 0 Å². The molecule has 1 unspecified atom stereocenters. The zero-order chi connectivity index (χ0) is 17.6. The number of nitrogens with two attached hydrogens (primary N) is 1. The minimum atomic E-state index is -0.730. The largest absolute Gasteiger partial charge is 0.494 e. The van der Waals surface area contributed by atoms with Gasteiger partial charge in [-0.2, -0.15) is 0 Å². The summed E-state index contributed by atoms with van der Waals surface area (Å²) >= 11 is 0. The average molecular weight is 370 g/mol. The van der Waals surface area contributed by atoms with E-state index in [4.69, 9.17) is 10.5 Å². The SMILES string of the molecule is CCCC(C)(N)C(=O)N1CCN(Cc2ccc(OCC)cc2)CC1.Cl. The molecule has 1 aliphatic heterocycles. The Morgan fingerprint density at radius 3 is 2.28 bits per heavy atom. The average Bonchev–Trinajstić information content (AvgIpc) is 2.57. The van der Waals surface area contributed by atoms with Gasteiger partial charge in [-0.05, 0) is 38.0 Å². The van der Waals surface area contributed by atoms with Gasteiger partial charge in [0.1, 0.15) is 5.75 Å². The maximum Gasteiger partial charge on any atom is 0.242 e. The minimum absolute atomic E-state index is 0. The van der Waals surface area contributed by atoms with Crippen molar-refractivity contribution in [3.8, 4) is 5.75 Å². The molecule has 0 spiro atoms. The summed E-state index contributed by atoms with van der Waals surface area (Å²) in [6.45, 7) is 10.8. The number of carbonyl (C=O) groups excluding carboxylic acids is 1. The van der Waals surface area contributed by atoms with Crippen LogP contribution in [0.5, 0.6) is 5.75 Å². The van der Waals surface area contributed by atoms with Crippen LogP contribution in [0.25, 0.3) is 0 Å². The van der Waals surface area contributed by atoms with Gasteiger partial charge in [0.25, 0.3) is 0 Å². The molecule has 0 saturated carbocycles. The summed E-state index contributed by atoms with van der Waals surface area (Å²) in [4.78, 5) is 16.8. The summed E-state index contributed by atoms with van der Waals surface area (Å²) in [5.74, 6) is 1.000. The van der Waals surface area contributed by atoms with Crippen LogP contribution in [-0.2, 0) is 11.3 Å². The van der Waals surface area contributed by atoms with E-state index < -0.39 is 5.54 Å². The third-order valence-electron chi connectivity index (χ3n) is 4.56. The first-order valence-corrected chi connectivity index (χ1v) is 8.98. The lowest BCUT2D eigenvalue weighted by Crippen LogP contribution is -2.58. The molecular weight excluding hydrogens is 338 g/mol. The van der Waals surface area contributed by atoms with Crippen molar-refractivity contribution in [2.45, 2.75) is 45.7 Å². The first kappa shape index (κ1) is 21.7. The van der Waals surface area contributed by atoms with E-state index in [1.54, 1.807) is 0 Å². The van der Waals surface area contributed by atoms with Gasteiger partial charge >= 0.3 is 0 Å². The molecule has 1 aliphatic rings. The number of carbonyl (C=O) groups is 1. The van der Waals surface area contributed by atoms with E-state index >= 15 is 0 Å². The van der Waals surface area contributed by atoms with Crippen LogP contribution in [0.3, 0.4) is 0 Å². The van der Waals surface area contributed by atoms with E-state index in [0.29, 0.717) is 6.61 Å². The van der Waals surface area contributed by atoms with Gasteiger partial charge in [-0.25, -0.2) is 0 Å². The van der Waals surface area contributed by atoms with E-state index in [2.05, 4.69) is 24.0 Å². The molecule has 1 heterocycles. The van der Waals surface area contributed by atoms with E-state index in [1.807, 2.05) is 30.9 Å². The molecule has 1 atom stereocenters. The van der Waals surface area contributed by atoms with Gasteiger partial charge in [0.2, 0.25) is 5.91 Å². The van der Waals surface area contributed by atoms with E-state index in [-0.39, 0.29) is 18.3 Å². The number of ether oxygens (including phenoxy) is 1. The van der Waals surface area contributed by atoms with E-state index in [1.165, 1.54) is 5.56 Å². The van der Waals surface area contributed by atoms with Gasteiger partial charge in [-0.1, -0.05) is 25.5 Å². The van der Waals surface area contributed by atoms with E-state index in [0.717, 1.165) is 51.3 Å². The molecule has 2 rings (SSSR count).